The van der Waals surface area contributed by atoms with Crippen LogP contribution >= 0.6 is 0 Å². The second kappa shape index (κ2) is 4.07. The van der Waals surface area contributed by atoms with E-state index < -0.39 is 5.79 Å². The van der Waals surface area contributed by atoms with E-state index >= 15 is 0 Å². The molecule has 0 radical (unpaired) electrons. The second-order valence-electron chi connectivity index (χ2n) is 3.34. The monoisotopic (exact) mass is 188 g/mol. The number of hydrogen-bond donors (Lipinski definition) is 0. The van der Waals surface area contributed by atoms with Gasteiger partial charge in [0.1, 0.15) is 12.7 Å². The summed E-state index contributed by atoms with van der Waals surface area (Å²) in [6.45, 7) is 6.05. The van der Waals surface area contributed by atoms with Crippen molar-refractivity contribution in [2.24, 2.45) is 0 Å². The molecule has 0 spiro atoms. The van der Waals surface area contributed by atoms with Crippen molar-refractivity contribution in [3.05, 3.63) is 0 Å². The maximum Gasteiger partial charge on any atom is 0.302 e. The zero-order valence-electron chi connectivity index (χ0n) is 8.33. The lowest BCUT2D eigenvalue weighted by Crippen LogP contribution is -2.27. The number of esters is 1. The van der Waals surface area contributed by atoms with Crippen LogP contribution in [0.3, 0.4) is 0 Å². The molecule has 0 aromatic heterocycles. The molecular weight excluding hydrogens is 172 g/mol. The van der Waals surface area contributed by atoms with Gasteiger partial charge in [0, 0.05) is 6.92 Å². The minimum Gasteiger partial charge on any atom is -0.463 e. The molecule has 0 aliphatic carbocycles. The first kappa shape index (κ1) is 10.5. The van der Waals surface area contributed by atoms with Gasteiger partial charge in [0.15, 0.2) is 5.79 Å². The van der Waals surface area contributed by atoms with Crippen molar-refractivity contribution in [1.29, 1.82) is 0 Å². The maximum absolute atomic E-state index is 10.5. The van der Waals surface area contributed by atoms with Crippen LogP contribution in [-0.4, -0.2) is 31.1 Å². The van der Waals surface area contributed by atoms with E-state index in [9.17, 15) is 4.79 Å². The summed E-state index contributed by atoms with van der Waals surface area (Å²) in [7, 11) is 0. The first-order chi connectivity index (χ1) is 6.06. The van der Waals surface area contributed by atoms with E-state index in [1.807, 2.05) is 13.8 Å². The lowest BCUT2D eigenvalue weighted by atomic mass is 10.2. The maximum atomic E-state index is 10.5. The summed E-state index contributed by atoms with van der Waals surface area (Å²) in [5, 5.41) is 0. The van der Waals surface area contributed by atoms with E-state index in [0.717, 1.165) is 6.42 Å². The van der Waals surface area contributed by atoms with Gasteiger partial charge in [-0.2, -0.15) is 0 Å². The topological polar surface area (TPSA) is 44.8 Å². The standard InChI is InChI=1S/C9H16O4/c1-4-9(3)12-6-8(13-9)5-11-7(2)10/h8H,4-6H2,1-3H3/t8-,9-/m1/s1. The Balaban J connectivity index is 2.29. The van der Waals surface area contributed by atoms with Gasteiger partial charge in [-0.15, -0.1) is 0 Å². The summed E-state index contributed by atoms with van der Waals surface area (Å²) in [5.74, 6) is -0.779. The third-order valence-corrected chi connectivity index (χ3v) is 2.11. The van der Waals surface area contributed by atoms with E-state index in [-0.39, 0.29) is 18.7 Å². The molecule has 1 aliphatic rings. The third kappa shape index (κ3) is 2.97. The fourth-order valence-corrected chi connectivity index (χ4v) is 1.17. The quantitative estimate of drug-likeness (QED) is 0.622. The van der Waals surface area contributed by atoms with Crippen LogP contribution in [-0.2, 0) is 19.0 Å². The van der Waals surface area contributed by atoms with Crippen LogP contribution in [0.2, 0.25) is 0 Å². The molecule has 1 aliphatic heterocycles. The van der Waals surface area contributed by atoms with Crippen LogP contribution in [0, 0.1) is 0 Å². The van der Waals surface area contributed by atoms with Crippen LogP contribution in [0.5, 0.6) is 0 Å². The van der Waals surface area contributed by atoms with Gasteiger partial charge >= 0.3 is 5.97 Å². The molecule has 0 amide bonds. The van der Waals surface area contributed by atoms with Gasteiger partial charge in [-0.3, -0.25) is 4.79 Å². The molecule has 0 saturated carbocycles. The number of rotatable bonds is 3. The van der Waals surface area contributed by atoms with Gasteiger partial charge < -0.3 is 14.2 Å². The largest absolute Gasteiger partial charge is 0.463 e. The van der Waals surface area contributed by atoms with E-state index in [2.05, 4.69) is 0 Å². The van der Waals surface area contributed by atoms with Gasteiger partial charge in [-0.25, -0.2) is 0 Å². The normalized spacial score (nSPS) is 33.3. The lowest BCUT2D eigenvalue weighted by Gasteiger charge is -2.20. The molecule has 4 heteroatoms. The van der Waals surface area contributed by atoms with Crippen molar-refractivity contribution >= 4 is 5.97 Å². The van der Waals surface area contributed by atoms with E-state index in [4.69, 9.17) is 14.2 Å². The SMILES string of the molecule is CC[C@]1(C)OC[C@@H](COC(C)=O)O1. The van der Waals surface area contributed by atoms with Crippen molar-refractivity contribution in [2.75, 3.05) is 13.2 Å². The molecule has 0 aromatic rings. The Kier molecular flexibility index (Phi) is 3.27. The molecule has 0 aromatic carbocycles. The number of carbonyl (C=O) groups excluding carboxylic acids is 1. The summed E-state index contributed by atoms with van der Waals surface area (Å²) in [4.78, 5) is 10.5. The highest BCUT2D eigenvalue weighted by atomic mass is 16.7. The molecule has 0 bridgehead atoms. The van der Waals surface area contributed by atoms with Crippen molar-refractivity contribution in [2.45, 2.75) is 39.1 Å². The van der Waals surface area contributed by atoms with Crippen LogP contribution in [0.4, 0.5) is 0 Å². The lowest BCUT2D eigenvalue weighted by molar-refractivity contribution is -0.166. The van der Waals surface area contributed by atoms with Gasteiger partial charge in [-0.05, 0) is 13.3 Å². The van der Waals surface area contributed by atoms with E-state index in [1.165, 1.54) is 6.92 Å². The van der Waals surface area contributed by atoms with Gasteiger partial charge in [0.2, 0.25) is 0 Å². The summed E-state index contributed by atoms with van der Waals surface area (Å²) >= 11 is 0. The molecular formula is C9H16O4. The molecule has 1 rings (SSSR count). The Morgan fingerprint density at radius 3 is 2.85 bits per heavy atom. The van der Waals surface area contributed by atoms with E-state index in [0.29, 0.717) is 6.61 Å². The van der Waals surface area contributed by atoms with Crippen molar-refractivity contribution in [3.63, 3.8) is 0 Å². The Morgan fingerprint density at radius 1 is 1.69 bits per heavy atom. The van der Waals surface area contributed by atoms with Gasteiger partial charge in [0.05, 0.1) is 6.61 Å². The molecule has 1 fully saturated rings. The highest BCUT2D eigenvalue weighted by molar-refractivity contribution is 5.65. The summed E-state index contributed by atoms with van der Waals surface area (Å²) in [5.41, 5.74) is 0. The average Bonchev–Trinajstić information content (AvgIpc) is 2.45. The van der Waals surface area contributed by atoms with Crippen molar-refractivity contribution in [3.8, 4) is 0 Å². The number of ether oxygens (including phenoxy) is 3. The van der Waals surface area contributed by atoms with Crippen molar-refractivity contribution in [1.82, 2.24) is 0 Å². The minimum absolute atomic E-state index is 0.117. The Labute approximate surface area is 78.2 Å². The fourth-order valence-electron chi connectivity index (χ4n) is 1.17. The zero-order valence-corrected chi connectivity index (χ0v) is 8.33. The molecule has 4 nitrogen and oxygen atoms in total. The molecule has 1 saturated heterocycles. The highest BCUT2D eigenvalue weighted by Gasteiger charge is 2.35. The zero-order chi connectivity index (χ0) is 9.90. The van der Waals surface area contributed by atoms with E-state index in [1.54, 1.807) is 0 Å². The second-order valence-corrected chi connectivity index (χ2v) is 3.34. The number of carbonyl (C=O) groups is 1. The summed E-state index contributed by atoms with van der Waals surface area (Å²) in [6.07, 6.45) is 0.678. The highest BCUT2D eigenvalue weighted by Crippen LogP contribution is 2.26. The first-order valence-corrected chi connectivity index (χ1v) is 4.51. The van der Waals surface area contributed by atoms with Crippen LogP contribution < -0.4 is 0 Å². The average molecular weight is 188 g/mol. The van der Waals surface area contributed by atoms with Crippen LogP contribution in [0.25, 0.3) is 0 Å². The molecule has 13 heavy (non-hydrogen) atoms. The number of hydrogen-bond acceptors (Lipinski definition) is 4. The molecule has 1 heterocycles. The predicted molar refractivity (Wildman–Crippen MR) is 46.2 cm³/mol. The Morgan fingerprint density at radius 2 is 2.38 bits per heavy atom. The minimum atomic E-state index is -0.495. The molecule has 0 unspecified atom stereocenters. The van der Waals surface area contributed by atoms with Crippen molar-refractivity contribution < 1.29 is 19.0 Å². The third-order valence-electron chi connectivity index (χ3n) is 2.11. The molecule has 76 valence electrons. The van der Waals surface area contributed by atoms with Crippen LogP contribution in [0.1, 0.15) is 27.2 Å². The summed E-state index contributed by atoms with van der Waals surface area (Å²) in [6, 6.07) is 0. The van der Waals surface area contributed by atoms with Gasteiger partial charge in [-0.1, -0.05) is 6.92 Å². The molecule has 0 N–H and O–H groups in total. The fraction of sp³-hybridized carbons (Fsp3) is 0.889. The smallest absolute Gasteiger partial charge is 0.302 e. The Hall–Kier alpha value is -0.610. The molecule has 2 atom stereocenters. The predicted octanol–water partition coefficient (Wildman–Crippen LogP) is 1.09. The summed E-state index contributed by atoms with van der Waals surface area (Å²) < 4.78 is 15.8. The first-order valence-electron chi connectivity index (χ1n) is 4.51. The van der Waals surface area contributed by atoms with Crippen LogP contribution in [0.15, 0.2) is 0 Å². The Bertz CT molecular complexity index is 192. The van der Waals surface area contributed by atoms with Gasteiger partial charge in [0.25, 0.3) is 0 Å².